The molecule has 0 amide bonds. The molecule has 5 heteroatoms. The molecule has 0 aliphatic heterocycles. The fourth-order valence-electron chi connectivity index (χ4n) is 8.67. The molecule has 1 N–H and O–H groups in total. The number of fused-ring (bicyclic) bond motifs is 5. The van der Waals surface area contributed by atoms with E-state index in [1.54, 1.807) is 0 Å². The van der Waals surface area contributed by atoms with Crippen LogP contribution in [0.15, 0.2) is 11.6 Å². The maximum Gasteiger partial charge on any atom is 0.302 e. The molecule has 0 aromatic heterocycles. The van der Waals surface area contributed by atoms with Gasteiger partial charge in [-0.05, 0) is 91.7 Å². The van der Waals surface area contributed by atoms with Crippen molar-refractivity contribution in [3.8, 4) is 0 Å². The predicted molar refractivity (Wildman–Crippen MR) is 144 cm³/mol. The first kappa shape index (κ1) is 27.4. The van der Waals surface area contributed by atoms with Crippen molar-refractivity contribution in [2.45, 2.75) is 124 Å². The Morgan fingerprint density at radius 3 is 2.49 bits per heavy atom. The molecular formula is C30H52O4Si. The topological polar surface area (TPSA) is 55.8 Å². The molecular weight excluding hydrogens is 452 g/mol. The van der Waals surface area contributed by atoms with E-state index >= 15 is 0 Å². The summed E-state index contributed by atoms with van der Waals surface area (Å²) in [5, 5.41) is 11.6. The average Bonchev–Trinajstić information content (AvgIpc) is 3.02. The molecule has 4 rings (SSSR count). The summed E-state index contributed by atoms with van der Waals surface area (Å²) in [4.78, 5) is 11.4. The van der Waals surface area contributed by atoms with Crippen molar-refractivity contribution in [3.05, 3.63) is 11.6 Å². The number of hydrogen-bond acceptors (Lipinski definition) is 4. The first-order chi connectivity index (χ1) is 16.1. The number of carbonyl (C=O) groups excluding carboxylic acids is 1. The van der Waals surface area contributed by atoms with E-state index in [0.717, 1.165) is 12.3 Å². The van der Waals surface area contributed by atoms with Crippen molar-refractivity contribution >= 4 is 14.3 Å². The van der Waals surface area contributed by atoms with Crippen molar-refractivity contribution in [1.29, 1.82) is 0 Å². The molecule has 0 aromatic carbocycles. The summed E-state index contributed by atoms with van der Waals surface area (Å²) in [6.07, 6.45) is 10.8. The van der Waals surface area contributed by atoms with E-state index in [9.17, 15) is 9.90 Å². The van der Waals surface area contributed by atoms with Crippen molar-refractivity contribution in [1.82, 2.24) is 0 Å². The van der Waals surface area contributed by atoms with Gasteiger partial charge in [-0.25, -0.2) is 0 Å². The minimum Gasteiger partial charge on any atom is -0.465 e. The zero-order valence-corrected chi connectivity index (χ0v) is 24.9. The van der Waals surface area contributed by atoms with Crippen LogP contribution in [0.1, 0.15) is 93.4 Å². The largest absolute Gasteiger partial charge is 0.465 e. The summed E-state index contributed by atoms with van der Waals surface area (Å²) in [5.74, 6) is 2.26. The summed E-state index contributed by atoms with van der Waals surface area (Å²) in [6, 6.07) is 0. The fraction of sp³-hybridized carbons (Fsp3) is 0.900. The number of hydrogen-bond donors (Lipinski definition) is 1. The normalized spacial score (nSPS) is 42.4. The maximum atomic E-state index is 11.4. The number of aliphatic hydroxyl groups excluding tert-OH is 1. The standard InChI is InChI=1S/C30H52O4Si/c1-19(18-33-20(2)31)25-17-26(32)27-23-11-10-21-16-22(34-35(8,9)28(3,4)5)12-14-29(21,6)24(23)13-15-30(25,27)7/h17,19,21-24,26-27,32H,10-16,18H2,1-9H3/t19-,21?,22+,23-,24+,26+,27-,29+,30-/m1/s1. The van der Waals surface area contributed by atoms with Gasteiger partial charge in [0.25, 0.3) is 0 Å². The highest BCUT2D eigenvalue weighted by Crippen LogP contribution is 2.67. The average molecular weight is 505 g/mol. The molecule has 3 fully saturated rings. The van der Waals surface area contributed by atoms with Gasteiger partial charge in [0.2, 0.25) is 0 Å². The number of aliphatic hydroxyl groups is 1. The zero-order valence-electron chi connectivity index (χ0n) is 23.9. The fourth-order valence-corrected chi connectivity index (χ4v) is 10.1. The Morgan fingerprint density at radius 1 is 1.17 bits per heavy atom. The Balaban J connectivity index is 1.48. The third kappa shape index (κ3) is 4.72. The third-order valence-electron chi connectivity index (χ3n) is 11.6. The van der Waals surface area contributed by atoms with Crippen LogP contribution in [-0.4, -0.2) is 38.2 Å². The molecule has 0 heterocycles. The van der Waals surface area contributed by atoms with Gasteiger partial charge in [-0.3, -0.25) is 4.79 Å². The third-order valence-corrected chi connectivity index (χ3v) is 16.1. The Labute approximate surface area is 215 Å². The lowest BCUT2D eigenvalue weighted by molar-refractivity contribution is -0.142. The van der Waals surface area contributed by atoms with Gasteiger partial charge >= 0.3 is 5.97 Å². The Bertz CT molecular complexity index is 844. The van der Waals surface area contributed by atoms with Gasteiger partial charge < -0.3 is 14.3 Å². The Hall–Kier alpha value is -0.653. The lowest BCUT2D eigenvalue weighted by Gasteiger charge is -2.61. The maximum absolute atomic E-state index is 11.4. The first-order valence-electron chi connectivity index (χ1n) is 14.3. The van der Waals surface area contributed by atoms with Gasteiger partial charge in [0, 0.05) is 24.9 Å². The lowest BCUT2D eigenvalue weighted by atomic mass is 9.44. The number of ether oxygens (including phenoxy) is 1. The van der Waals surface area contributed by atoms with E-state index in [1.807, 2.05) is 0 Å². The molecule has 0 bridgehead atoms. The van der Waals surface area contributed by atoms with Crippen molar-refractivity contribution in [2.24, 2.45) is 40.4 Å². The molecule has 1 unspecified atom stereocenters. The van der Waals surface area contributed by atoms with Gasteiger partial charge in [-0.2, -0.15) is 0 Å². The SMILES string of the molecule is CC(=O)OC[C@@H](C)C1=C[C@H](O)[C@H]2[C@@H]3CCC4C[C@@H](O[Si](C)(C)C(C)(C)C)CC[C@]4(C)[C@H]3CC[C@]12C. The molecule has 0 radical (unpaired) electrons. The minimum atomic E-state index is -1.75. The van der Waals surface area contributed by atoms with Crippen LogP contribution in [-0.2, 0) is 14.0 Å². The molecule has 4 nitrogen and oxygen atoms in total. The van der Waals surface area contributed by atoms with E-state index < -0.39 is 8.32 Å². The van der Waals surface area contributed by atoms with Crippen LogP contribution in [0.3, 0.4) is 0 Å². The van der Waals surface area contributed by atoms with Crippen molar-refractivity contribution in [3.63, 3.8) is 0 Å². The van der Waals surface area contributed by atoms with E-state index in [4.69, 9.17) is 9.16 Å². The van der Waals surface area contributed by atoms with Crippen LogP contribution in [0.25, 0.3) is 0 Å². The summed E-state index contributed by atoms with van der Waals surface area (Å²) in [7, 11) is -1.75. The van der Waals surface area contributed by atoms with Gasteiger partial charge in [-0.15, -0.1) is 0 Å². The van der Waals surface area contributed by atoms with Gasteiger partial charge in [0.15, 0.2) is 8.32 Å². The molecule has 200 valence electrons. The second-order valence-electron chi connectivity index (χ2n) is 14.6. The van der Waals surface area contributed by atoms with Crippen LogP contribution in [0.2, 0.25) is 18.1 Å². The Morgan fingerprint density at radius 2 is 1.86 bits per heavy atom. The lowest BCUT2D eigenvalue weighted by Crippen LogP contribution is -2.56. The second kappa shape index (κ2) is 9.27. The molecule has 4 aliphatic carbocycles. The zero-order chi connectivity index (χ0) is 26.0. The second-order valence-corrected chi connectivity index (χ2v) is 19.4. The molecule has 0 aromatic rings. The first-order valence-corrected chi connectivity index (χ1v) is 17.2. The smallest absolute Gasteiger partial charge is 0.302 e. The van der Waals surface area contributed by atoms with Gasteiger partial charge in [0.1, 0.15) is 0 Å². The Kier molecular flexibility index (Phi) is 7.25. The van der Waals surface area contributed by atoms with Gasteiger partial charge in [0.05, 0.1) is 12.7 Å². The van der Waals surface area contributed by atoms with Crippen molar-refractivity contribution < 1.29 is 19.1 Å². The molecule has 9 atom stereocenters. The highest BCUT2D eigenvalue weighted by Gasteiger charge is 2.61. The number of esters is 1. The van der Waals surface area contributed by atoms with Crippen LogP contribution in [0.5, 0.6) is 0 Å². The number of rotatable bonds is 5. The van der Waals surface area contributed by atoms with E-state index in [-0.39, 0.29) is 28.4 Å². The van der Waals surface area contributed by atoms with Crippen molar-refractivity contribution in [2.75, 3.05) is 6.61 Å². The quantitative estimate of drug-likeness (QED) is 0.246. The molecule has 3 saturated carbocycles. The summed E-state index contributed by atoms with van der Waals surface area (Å²) < 4.78 is 12.3. The van der Waals surface area contributed by atoms with E-state index in [0.29, 0.717) is 35.9 Å². The van der Waals surface area contributed by atoms with E-state index in [2.05, 4.69) is 60.7 Å². The summed E-state index contributed by atoms with van der Waals surface area (Å²) in [5.41, 5.74) is 1.71. The molecule has 0 saturated heterocycles. The highest BCUT2D eigenvalue weighted by atomic mass is 28.4. The number of carbonyl (C=O) groups is 1. The highest BCUT2D eigenvalue weighted by molar-refractivity contribution is 6.74. The van der Waals surface area contributed by atoms with Crippen LogP contribution >= 0.6 is 0 Å². The molecule has 4 aliphatic rings. The summed E-state index contributed by atoms with van der Waals surface area (Å²) in [6.45, 7) is 20.9. The molecule has 35 heavy (non-hydrogen) atoms. The van der Waals surface area contributed by atoms with Crippen LogP contribution in [0.4, 0.5) is 0 Å². The minimum absolute atomic E-state index is 0.0198. The van der Waals surface area contributed by atoms with Gasteiger partial charge in [-0.1, -0.05) is 53.2 Å². The predicted octanol–water partition coefficient (Wildman–Crippen LogP) is 7.13. The van der Waals surface area contributed by atoms with Crippen LogP contribution < -0.4 is 0 Å². The van der Waals surface area contributed by atoms with E-state index in [1.165, 1.54) is 51.0 Å². The van der Waals surface area contributed by atoms with Crippen LogP contribution in [0, 0.1) is 40.4 Å². The molecule has 0 spiro atoms. The summed E-state index contributed by atoms with van der Waals surface area (Å²) >= 11 is 0. The monoisotopic (exact) mass is 504 g/mol.